The van der Waals surface area contributed by atoms with Crippen LogP contribution in [0.1, 0.15) is 10.4 Å². The van der Waals surface area contributed by atoms with Crippen molar-refractivity contribution in [2.75, 3.05) is 5.73 Å². The van der Waals surface area contributed by atoms with Crippen molar-refractivity contribution in [3.63, 3.8) is 0 Å². The number of benzene rings is 5. The fourth-order valence-electron chi connectivity index (χ4n) is 4.39. The van der Waals surface area contributed by atoms with E-state index >= 15 is 0 Å². The topological polar surface area (TPSA) is 262 Å². The van der Waals surface area contributed by atoms with Gasteiger partial charge in [-0.05, 0) is 65.7 Å². The van der Waals surface area contributed by atoms with Gasteiger partial charge in [-0.1, -0.05) is 30.3 Å². The molecule has 5 rings (SSSR count). The van der Waals surface area contributed by atoms with Crippen molar-refractivity contribution in [1.82, 2.24) is 0 Å². The van der Waals surface area contributed by atoms with Crippen molar-refractivity contribution in [2.45, 2.75) is 9.79 Å². The number of aromatic hydroxyl groups is 2. The van der Waals surface area contributed by atoms with Crippen LogP contribution in [0, 0.1) is 0 Å². The van der Waals surface area contributed by atoms with E-state index in [-0.39, 0.29) is 28.1 Å². The van der Waals surface area contributed by atoms with Gasteiger partial charge in [-0.2, -0.15) is 32.2 Å². The maximum absolute atomic E-state index is 11.9. The molecule has 5 aromatic carbocycles. The van der Waals surface area contributed by atoms with Crippen LogP contribution < -0.4 is 5.73 Å². The molecule has 0 atom stereocenters. The molecule has 0 aliphatic heterocycles. The lowest BCUT2D eigenvalue weighted by Crippen LogP contribution is -2.08. The average Bonchev–Trinajstić information content (AvgIpc) is 2.99. The van der Waals surface area contributed by atoms with E-state index in [9.17, 15) is 40.9 Å². The fourth-order valence-corrected chi connectivity index (χ4v) is 5.83. The molecule has 7 N–H and O–H groups in total. The minimum absolute atomic E-state index is 0.215. The molecule has 0 saturated heterocycles. The van der Waals surface area contributed by atoms with Crippen LogP contribution in [0.2, 0.25) is 0 Å². The first-order valence-electron chi connectivity index (χ1n) is 12.8. The SMILES string of the molecule is Nc1c(S(=O)(=O)O)cc(S(=O)(=O)O)c2ccc(N=Nc3ccc(-c4ccc(N=Nc5ccc(O)c(C(=O)O)c5)cc4)cc3)c(O)c12. The van der Waals surface area contributed by atoms with Gasteiger partial charge in [-0.25, -0.2) is 4.79 Å². The third-order valence-electron chi connectivity index (χ3n) is 6.61. The second kappa shape index (κ2) is 12.0. The number of phenols is 2. The molecule has 0 fully saturated rings. The maximum atomic E-state index is 11.9. The number of azo groups is 2. The van der Waals surface area contributed by atoms with Gasteiger partial charge >= 0.3 is 5.97 Å². The van der Waals surface area contributed by atoms with Gasteiger partial charge in [-0.15, -0.1) is 5.11 Å². The summed E-state index contributed by atoms with van der Waals surface area (Å²) in [7, 11) is -10.0. The van der Waals surface area contributed by atoms with Crippen LogP contribution >= 0.6 is 0 Å². The Labute approximate surface area is 260 Å². The number of hydrogen-bond donors (Lipinski definition) is 6. The average molecular weight is 664 g/mol. The molecular weight excluding hydrogens is 642 g/mol. The quantitative estimate of drug-likeness (QED) is 0.0591. The summed E-state index contributed by atoms with van der Waals surface area (Å²) in [5, 5.41) is 44.9. The molecule has 0 unspecified atom stereocenters. The summed E-state index contributed by atoms with van der Waals surface area (Å²) in [6.07, 6.45) is 0. The molecule has 0 aliphatic carbocycles. The van der Waals surface area contributed by atoms with E-state index in [1.807, 2.05) is 0 Å². The van der Waals surface area contributed by atoms with Crippen molar-refractivity contribution in [2.24, 2.45) is 20.5 Å². The predicted molar refractivity (Wildman–Crippen MR) is 165 cm³/mol. The largest absolute Gasteiger partial charge is 0.507 e. The van der Waals surface area contributed by atoms with Crippen LogP contribution in [0.4, 0.5) is 28.4 Å². The van der Waals surface area contributed by atoms with Gasteiger partial charge in [0.25, 0.3) is 20.2 Å². The third-order valence-corrected chi connectivity index (χ3v) is 8.39. The van der Waals surface area contributed by atoms with E-state index in [1.54, 1.807) is 48.5 Å². The van der Waals surface area contributed by atoms with Crippen LogP contribution in [0.15, 0.2) is 115 Å². The van der Waals surface area contributed by atoms with E-state index in [4.69, 9.17) is 10.8 Å². The summed E-state index contributed by atoms with van der Waals surface area (Å²) >= 11 is 0. The van der Waals surface area contributed by atoms with Gasteiger partial charge in [0, 0.05) is 5.39 Å². The van der Waals surface area contributed by atoms with Gasteiger partial charge in [0.05, 0.1) is 28.1 Å². The minimum atomic E-state index is -5.04. The molecule has 15 nitrogen and oxygen atoms in total. The first-order chi connectivity index (χ1) is 21.6. The Balaban J connectivity index is 1.38. The van der Waals surface area contributed by atoms with Gasteiger partial charge in [0.2, 0.25) is 0 Å². The second-order valence-electron chi connectivity index (χ2n) is 9.59. The number of carbonyl (C=O) groups is 1. The molecule has 0 bridgehead atoms. The predicted octanol–water partition coefficient (Wildman–Crippen LogP) is 6.52. The fraction of sp³-hybridized carbons (Fsp3) is 0. The van der Waals surface area contributed by atoms with Crippen LogP contribution in [0.25, 0.3) is 21.9 Å². The van der Waals surface area contributed by atoms with Crippen molar-refractivity contribution in [3.8, 4) is 22.6 Å². The summed E-state index contributed by atoms with van der Waals surface area (Å²) in [6, 6.07) is 20.3. The Morgan fingerprint density at radius 2 is 1.13 bits per heavy atom. The Morgan fingerprint density at radius 3 is 1.65 bits per heavy atom. The smallest absolute Gasteiger partial charge is 0.339 e. The summed E-state index contributed by atoms with van der Waals surface area (Å²) < 4.78 is 66.5. The molecule has 17 heteroatoms. The molecule has 0 heterocycles. The lowest BCUT2D eigenvalue weighted by molar-refractivity contribution is 0.0693. The number of rotatable bonds is 8. The van der Waals surface area contributed by atoms with Crippen LogP contribution in [-0.4, -0.2) is 47.2 Å². The normalized spacial score (nSPS) is 12.3. The summed E-state index contributed by atoms with van der Waals surface area (Å²) in [4.78, 5) is 9.25. The summed E-state index contributed by atoms with van der Waals surface area (Å²) in [6.45, 7) is 0. The summed E-state index contributed by atoms with van der Waals surface area (Å²) in [5.41, 5.74) is 7.37. The second-order valence-corrected chi connectivity index (χ2v) is 12.4. The molecule has 0 aromatic heterocycles. The summed E-state index contributed by atoms with van der Waals surface area (Å²) in [5.74, 6) is -2.41. The monoisotopic (exact) mass is 663 g/mol. The van der Waals surface area contributed by atoms with Crippen LogP contribution in [-0.2, 0) is 20.2 Å². The molecule has 0 amide bonds. The number of nitrogen functional groups attached to an aromatic ring is 1. The molecule has 46 heavy (non-hydrogen) atoms. The lowest BCUT2D eigenvalue weighted by atomic mass is 10.1. The number of carboxylic acid groups (broad SMARTS) is 1. The first-order valence-corrected chi connectivity index (χ1v) is 15.6. The van der Waals surface area contributed by atoms with Crippen LogP contribution in [0.5, 0.6) is 11.5 Å². The molecule has 0 spiro atoms. The first kappa shape index (κ1) is 31.7. The zero-order valence-electron chi connectivity index (χ0n) is 23.0. The highest BCUT2D eigenvalue weighted by Crippen LogP contribution is 2.43. The Hall–Kier alpha value is -5.75. The third kappa shape index (κ3) is 6.52. The highest BCUT2D eigenvalue weighted by molar-refractivity contribution is 7.87. The van der Waals surface area contributed by atoms with Crippen molar-refractivity contribution in [1.29, 1.82) is 0 Å². The van der Waals surface area contributed by atoms with Crippen LogP contribution in [0.3, 0.4) is 0 Å². The van der Waals surface area contributed by atoms with E-state index in [2.05, 4.69) is 20.5 Å². The standard InChI is InChI=1S/C29H21N5O10S2/c30-27-25(46(42,43)44)14-24(45(39,40)41)20-10-11-22(28(36)26(20)27)34-32-18-7-3-16(4-8-18)15-1-5-17(6-2-15)31-33-19-9-12-23(35)21(13-19)29(37)38/h1-14,35-36H,30H2,(H,37,38)(H,39,40,41)(H,42,43,44). The number of anilines is 1. The number of carboxylic acids is 1. The molecule has 0 aliphatic rings. The Kier molecular flexibility index (Phi) is 8.24. The molecule has 5 aromatic rings. The number of nitrogens with zero attached hydrogens (tertiary/aromatic N) is 4. The number of phenolic OH excluding ortho intramolecular Hbond substituents is 1. The van der Waals surface area contributed by atoms with Crippen molar-refractivity contribution in [3.05, 3.63) is 90.5 Å². The Morgan fingerprint density at radius 1 is 0.630 bits per heavy atom. The minimum Gasteiger partial charge on any atom is -0.507 e. The highest BCUT2D eigenvalue weighted by atomic mass is 32.2. The number of hydrogen-bond acceptors (Lipinski definition) is 12. The molecule has 0 radical (unpaired) electrons. The van der Waals surface area contributed by atoms with Gasteiger partial charge in [-0.3, -0.25) is 9.11 Å². The molecular formula is C29H21N5O10S2. The number of nitrogens with two attached hydrogens (primary N) is 1. The van der Waals surface area contributed by atoms with E-state index in [0.717, 1.165) is 17.2 Å². The molecule has 234 valence electrons. The number of aromatic carboxylic acids is 1. The molecule has 0 saturated carbocycles. The zero-order valence-corrected chi connectivity index (χ0v) is 24.7. The highest BCUT2D eigenvalue weighted by Gasteiger charge is 2.26. The van der Waals surface area contributed by atoms with Gasteiger partial charge in [0.15, 0.2) is 5.75 Å². The van der Waals surface area contributed by atoms with Gasteiger partial charge in [0.1, 0.15) is 26.8 Å². The van der Waals surface area contributed by atoms with E-state index < -0.39 is 52.8 Å². The lowest BCUT2D eigenvalue weighted by Gasteiger charge is -2.13. The zero-order chi connectivity index (χ0) is 33.4. The van der Waals surface area contributed by atoms with E-state index in [0.29, 0.717) is 17.4 Å². The Bertz CT molecular complexity index is 2310. The van der Waals surface area contributed by atoms with Crippen molar-refractivity contribution >= 4 is 65.4 Å². The van der Waals surface area contributed by atoms with Gasteiger partial charge < -0.3 is 21.1 Å². The maximum Gasteiger partial charge on any atom is 0.339 e. The number of fused-ring (bicyclic) bond motifs is 1. The van der Waals surface area contributed by atoms with Crippen molar-refractivity contribution < 1.29 is 46.1 Å². The van der Waals surface area contributed by atoms with E-state index in [1.165, 1.54) is 24.3 Å².